The zero-order valence-corrected chi connectivity index (χ0v) is 10.2. The highest BCUT2D eigenvalue weighted by Gasteiger charge is 2.27. The number of rotatable bonds is 0. The molecule has 4 heteroatoms. The first-order chi connectivity index (χ1) is 6.40. The van der Waals surface area contributed by atoms with Gasteiger partial charge in [-0.05, 0) is 27.7 Å². The first-order valence-electron chi connectivity index (χ1n) is 4.97. The van der Waals surface area contributed by atoms with E-state index in [2.05, 4.69) is 6.92 Å². The third-order valence-corrected chi connectivity index (χ3v) is 3.19. The van der Waals surface area contributed by atoms with Crippen molar-refractivity contribution in [2.24, 2.45) is 0 Å². The van der Waals surface area contributed by atoms with Crippen LogP contribution in [0.4, 0.5) is 4.79 Å². The van der Waals surface area contributed by atoms with Crippen LogP contribution in [0, 0.1) is 0 Å². The van der Waals surface area contributed by atoms with E-state index >= 15 is 0 Å². The van der Waals surface area contributed by atoms with E-state index in [4.69, 9.17) is 4.74 Å². The average molecular weight is 217 g/mol. The highest BCUT2D eigenvalue weighted by molar-refractivity contribution is 7.99. The Balaban J connectivity index is 2.50. The Kier molecular flexibility index (Phi) is 3.70. The van der Waals surface area contributed by atoms with E-state index in [1.54, 1.807) is 0 Å². The van der Waals surface area contributed by atoms with Crippen molar-refractivity contribution >= 4 is 17.9 Å². The van der Waals surface area contributed by atoms with Crippen LogP contribution >= 0.6 is 11.8 Å². The van der Waals surface area contributed by atoms with Gasteiger partial charge in [0.05, 0.1) is 0 Å². The predicted molar refractivity (Wildman–Crippen MR) is 59.7 cm³/mol. The summed E-state index contributed by atoms with van der Waals surface area (Å²) in [5.74, 6) is 2.03. The molecule has 1 saturated heterocycles. The van der Waals surface area contributed by atoms with E-state index in [0.29, 0.717) is 6.04 Å². The number of hydrogen-bond acceptors (Lipinski definition) is 3. The van der Waals surface area contributed by atoms with Crippen molar-refractivity contribution in [3.8, 4) is 0 Å². The Morgan fingerprint density at radius 2 is 2.14 bits per heavy atom. The lowest BCUT2D eigenvalue weighted by molar-refractivity contribution is 0.0202. The summed E-state index contributed by atoms with van der Waals surface area (Å²) in [5.41, 5.74) is -0.388. The summed E-state index contributed by atoms with van der Waals surface area (Å²) in [5, 5.41) is 0. The second kappa shape index (κ2) is 4.43. The van der Waals surface area contributed by atoms with Crippen LogP contribution in [0.5, 0.6) is 0 Å². The molecule has 0 aromatic carbocycles. The molecule has 0 bridgehead atoms. The summed E-state index contributed by atoms with van der Waals surface area (Å²) in [6.07, 6.45) is -0.176. The van der Waals surface area contributed by atoms with E-state index in [-0.39, 0.29) is 11.7 Å². The quantitative estimate of drug-likeness (QED) is 0.624. The molecule has 0 aromatic rings. The van der Waals surface area contributed by atoms with Crippen LogP contribution in [0.25, 0.3) is 0 Å². The normalized spacial score (nSPS) is 23.4. The molecule has 1 aliphatic heterocycles. The molecule has 1 atom stereocenters. The maximum absolute atomic E-state index is 11.7. The third kappa shape index (κ3) is 3.40. The molecule has 0 saturated carbocycles. The number of carbonyl (C=O) groups is 1. The molecule has 82 valence electrons. The first kappa shape index (κ1) is 11.7. The summed E-state index contributed by atoms with van der Waals surface area (Å²) in [7, 11) is 0. The second-order valence-corrected chi connectivity index (χ2v) is 5.75. The van der Waals surface area contributed by atoms with Crippen molar-refractivity contribution in [2.75, 3.05) is 18.1 Å². The summed E-state index contributed by atoms with van der Waals surface area (Å²) in [4.78, 5) is 13.5. The summed E-state index contributed by atoms with van der Waals surface area (Å²) < 4.78 is 5.33. The summed E-state index contributed by atoms with van der Waals surface area (Å²) >= 11 is 1.89. The molecule has 1 rings (SSSR count). The highest BCUT2D eigenvalue weighted by atomic mass is 32.2. The van der Waals surface area contributed by atoms with Crippen LogP contribution in [0.3, 0.4) is 0 Å². The Morgan fingerprint density at radius 1 is 1.50 bits per heavy atom. The van der Waals surface area contributed by atoms with Crippen molar-refractivity contribution in [3.63, 3.8) is 0 Å². The standard InChI is InChI=1S/C10H19NO2S/c1-8-7-14-6-5-11(8)9(12)13-10(2,3)4/h8H,5-7H2,1-4H3/t8-/m1/s1. The van der Waals surface area contributed by atoms with Gasteiger partial charge in [0.15, 0.2) is 0 Å². The van der Waals surface area contributed by atoms with Gasteiger partial charge in [-0.2, -0.15) is 11.8 Å². The number of carbonyl (C=O) groups excluding carboxylic acids is 1. The van der Waals surface area contributed by atoms with Gasteiger partial charge in [0.2, 0.25) is 0 Å². The first-order valence-corrected chi connectivity index (χ1v) is 6.13. The molecule has 1 aliphatic rings. The van der Waals surface area contributed by atoms with E-state index in [0.717, 1.165) is 18.1 Å². The van der Waals surface area contributed by atoms with Gasteiger partial charge in [-0.3, -0.25) is 0 Å². The van der Waals surface area contributed by atoms with Gasteiger partial charge < -0.3 is 9.64 Å². The molecule has 0 unspecified atom stereocenters. The fourth-order valence-corrected chi connectivity index (χ4v) is 2.33. The molecule has 1 heterocycles. The van der Waals surface area contributed by atoms with E-state index in [1.807, 2.05) is 37.4 Å². The van der Waals surface area contributed by atoms with Crippen molar-refractivity contribution in [1.29, 1.82) is 0 Å². The molecule has 0 aliphatic carbocycles. The number of hydrogen-bond donors (Lipinski definition) is 0. The van der Waals surface area contributed by atoms with Crippen molar-refractivity contribution < 1.29 is 9.53 Å². The minimum Gasteiger partial charge on any atom is -0.444 e. The maximum Gasteiger partial charge on any atom is 0.410 e. The van der Waals surface area contributed by atoms with Crippen molar-refractivity contribution in [3.05, 3.63) is 0 Å². The summed E-state index contributed by atoms with van der Waals surface area (Å²) in [6.45, 7) is 8.56. The highest BCUT2D eigenvalue weighted by Crippen LogP contribution is 2.19. The van der Waals surface area contributed by atoms with Gasteiger partial charge in [-0.1, -0.05) is 0 Å². The van der Waals surface area contributed by atoms with E-state index in [9.17, 15) is 4.79 Å². The Morgan fingerprint density at radius 3 is 2.64 bits per heavy atom. The van der Waals surface area contributed by atoms with Crippen molar-refractivity contribution in [1.82, 2.24) is 4.90 Å². The maximum atomic E-state index is 11.7. The smallest absolute Gasteiger partial charge is 0.410 e. The Labute approximate surface area is 90.2 Å². The summed E-state index contributed by atoms with van der Waals surface area (Å²) in [6, 6.07) is 0.295. The van der Waals surface area contributed by atoms with Gasteiger partial charge in [-0.25, -0.2) is 4.79 Å². The molecule has 14 heavy (non-hydrogen) atoms. The second-order valence-electron chi connectivity index (χ2n) is 4.60. The van der Waals surface area contributed by atoms with Crippen LogP contribution in [-0.2, 0) is 4.74 Å². The fourth-order valence-electron chi connectivity index (χ4n) is 1.32. The minimum atomic E-state index is -0.388. The predicted octanol–water partition coefficient (Wildman–Crippen LogP) is 2.36. The van der Waals surface area contributed by atoms with Gasteiger partial charge >= 0.3 is 6.09 Å². The lowest BCUT2D eigenvalue weighted by Crippen LogP contribution is -2.46. The molecule has 0 N–H and O–H groups in total. The number of nitrogens with zero attached hydrogens (tertiary/aromatic N) is 1. The van der Waals surface area contributed by atoms with Gasteiger partial charge in [0, 0.05) is 24.1 Å². The molecule has 1 amide bonds. The molecule has 0 aromatic heterocycles. The monoisotopic (exact) mass is 217 g/mol. The molecule has 1 fully saturated rings. The lowest BCUT2D eigenvalue weighted by atomic mass is 10.2. The van der Waals surface area contributed by atoms with Crippen molar-refractivity contribution in [2.45, 2.75) is 39.3 Å². The van der Waals surface area contributed by atoms with Crippen LogP contribution in [0.2, 0.25) is 0 Å². The van der Waals surface area contributed by atoms with Crippen LogP contribution < -0.4 is 0 Å². The van der Waals surface area contributed by atoms with E-state index < -0.39 is 0 Å². The van der Waals surface area contributed by atoms with Gasteiger partial charge in [0.25, 0.3) is 0 Å². The number of thioether (sulfide) groups is 1. The SMILES string of the molecule is C[C@@H]1CSCCN1C(=O)OC(C)(C)C. The van der Waals surface area contributed by atoms with Crippen LogP contribution in [-0.4, -0.2) is 40.7 Å². The average Bonchev–Trinajstić information content (AvgIpc) is 2.01. The fraction of sp³-hybridized carbons (Fsp3) is 0.900. The zero-order chi connectivity index (χ0) is 10.8. The number of ether oxygens (including phenoxy) is 1. The molecular weight excluding hydrogens is 198 g/mol. The third-order valence-electron chi connectivity index (χ3n) is 2.00. The largest absolute Gasteiger partial charge is 0.444 e. The van der Waals surface area contributed by atoms with Gasteiger partial charge in [-0.15, -0.1) is 0 Å². The lowest BCUT2D eigenvalue weighted by Gasteiger charge is -2.34. The van der Waals surface area contributed by atoms with Crippen LogP contribution in [0.1, 0.15) is 27.7 Å². The topological polar surface area (TPSA) is 29.5 Å². The molecular formula is C10H19NO2S. The van der Waals surface area contributed by atoms with Crippen LogP contribution in [0.15, 0.2) is 0 Å². The zero-order valence-electron chi connectivity index (χ0n) is 9.37. The van der Waals surface area contributed by atoms with Gasteiger partial charge in [0.1, 0.15) is 5.60 Å². The molecule has 0 spiro atoms. The van der Waals surface area contributed by atoms with E-state index in [1.165, 1.54) is 0 Å². The number of amides is 1. The Bertz CT molecular complexity index is 213. The minimum absolute atomic E-state index is 0.176. The molecule has 3 nitrogen and oxygen atoms in total. The molecule has 0 radical (unpaired) electrons. The Hall–Kier alpha value is -0.380.